The van der Waals surface area contributed by atoms with Crippen LogP contribution in [0.1, 0.15) is 25.0 Å². The van der Waals surface area contributed by atoms with E-state index in [1.54, 1.807) is 19.1 Å². The van der Waals surface area contributed by atoms with E-state index in [2.05, 4.69) is 11.9 Å². The van der Waals surface area contributed by atoms with Gasteiger partial charge < -0.3 is 9.64 Å². The molecule has 0 heterocycles. The van der Waals surface area contributed by atoms with Gasteiger partial charge in [-0.1, -0.05) is 31.2 Å². The Morgan fingerprint density at radius 2 is 1.50 bits per heavy atom. The van der Waals surface area contributed by atoms with E-state index in [1.807, 2.05) is 80.7 Å². The van der Waals surface area contributed by atoms with E-state index >= 15 is 0 Å². The molecular formula is C26H30N2O3S. The van der Waals surface area contributed by atoms with E-state index in [4.69, 9.17) is 4.74 Å². The van der Waals surface area contributed by atoms with Crippen LogP contribution in [-0.2, 0) is 9.84 Å². The van der Waals surface area contributed by atoms with Crippen molar-refractivity contribution in [1.82, 2.24) is 4.90 Å². The SMILES string of the molecule is CCN(C)C=Nc1cc(C)c(Oc2ccc(-c3ccc(S(=O)(=O)CC)cc3)cc2)cc1C. The molecule has 0 N–H and O–H groups in total. The number of sulfone groups is 1. The van der Waals surface area contributed by atoms with E-state index in [9.17, 15) is 8.42 Å². The molecule has 0 bridgehead atoms. The minimum Gasteiger partial charge on any atom is -0.457 e. The maximum atomic E-state index is 12.0. The fourth-order valence-electron chi connectivity index (χ4n) is 3.13. The third kappa shape index (κ3) is 5.56. The van der Waals surface area contributed by atoms with Gasteiger partial charge in [0.1, 0.15) is 11.5 Å². The first-order valence-corrected chi connectivity index (χ1v) is 12.4. The topological polar surface area (TPSA) is 59.0 Å². The Bertz CT molecular complexity index is 1200. The monoisotopic (exact) mass is 450 g/mol. The van der Waals surface area contributed by atoms with Gasteiger partial charge >= 0.3 is 0 Å². The van der Waals surface area contributed by atoms with Crippen LogP contribution in [0.5, 0.6) is 11.5 Å². The molecule has 0 aliphatic rings. The van der Waals surface area contributed by atoms with Crippen LogP contribution in [0.3, 0.4) is 0 Å². The molecule has 0 saturated heterocycles. The molecule has 0 radical (unpaired) electrons. The molecule has 3 aromatic rings. The zero-order valence-corrected chi connectivity index (χ0v) is 20.1. The first-order valence-electron chi connectivity index (χ1n) is 10.7. The molecule has 168 valence electrons. The van der Waals surface area contributed by atoms with Gasteiger partial charge in [-0.05, 0) is 79.4 Å². The maximum absolute atomic E-state index is 12.0. The lowest BCUT2D eigenvalue weighted by Crippen LogP contribution is -2.14. The van der Waals surface area contributed by atoms with E-state index in [0.29, 0.717) is 4.90 Å². The normalized spacial score (nSPS) is 11.7. The first-order chi connectivity index (χ1) is 15.2. The third-order valence-corrected chi connectivity index (χ3v) is 7.15. The summed E-state index contributed by atoms with van der Waals surface area (Å²) in [5, 5.41) is 0. The number of aryl methyl sites for hydroxylation is 2. The molecule has 0 amide bonds. The highest BCUT2D eigenvalue weighted by Crippen LogP contribution is 2.32. The van der Waals surface area contributed by atoms with Crippen molar-refractivity contribution in [2.24, 2.45) is 4.99 Å². The van der Waals surface area contributed by atoms with Gasteiger partial charge in [0.15, 0.2) is 9.84 Å². The van der Waals surface area contributed by atoms with E-state index < -0.39 is 9.84 Å². The summed E-state index contributed by atoms with van der Waals surface area (Å²) in [6.07, 6.45) is 1.84. The molecule has 5 nitrogen and oxygen atoms in total. The zero-order valence-electron chi connectivity index (χ0n) is 19.3. The molecule has 32 heavy (non-hydrogen) atoms. The molecule has 0 saturated carbocycles. The smallest absolute Gasteiger partial charge is 0.178 e. The minimum absolute atomic E-state index is 0.0976. The van der Waals surface area contributed by atoms with E-state index in [0.717, 1.165) is 46.0 Å². The highest BCUT2D eigenvalue weighted by Gasteiger charge is 2.11. The molecule has 6 heteroatoms. The molecule has 0 fully saturated rings. The Balaban J connectivity index is 1.76. The third-order valence-electron chi connectivity index (χ3n) is 5.40. The van der Waals surface area contributed by atoms with Crippen molar-refractivity contribution >= 4 is 21.9 Å². The second-order valence-corrected chi connectivity index (χ2v) is 10.1. The van der Waals surface area contributed by atoms with Crippen molar-refractivity contribution in [2.45, 2.75) is 32.6 Å². The second kappa shape index (κ2) is 10.0. The first kappa shape index (κ1) is 23.5. The van der Waals surface area contributed by atoms with E-state index in [1.165, 1.54) is 0 Å². The lowest BCUT2D eigenvalue weighted by molar-refractivity contribution is 0.478. The van der Waals surface area contributed by atoms with Crippen LogP contribution in [0.2, 0.25) is 0 Å². The number of hydrogen-bond acceptors (Lipinski definition) is 4. The van der Waals surface area contributed by atoms with Gasteiger partial charge in [-0.15, -0.1) is 0 Å². The Morgan fingerprint density at radius 3 is 2.06 bits per heavy atom. The van der Waals surface area contributed by atoms with Gasteiger partial charge in [0.25, 0.3) is 0 Å². The maximum Gasteiger partial charge on any atom is 0.178 e. The Morgan fingerprint density at radius 1 is 0.906 bits per heavy atom. The molecule has 0 unspecified atom stereocenters. The average molecular weight is 451 g/mol. The Kier molecular flexibility index (Phi) is 7.36. The Labute approximate surface area is 191 Å². The van der Waals surface area contributed by atoms with Gasteiger partial charge in [0.2, 0.25) is 0 Å². The summed E-state index contributed by atoms with van der Waals surface area (Å²) in [5.41, 5.74) is 4.94. The van der Waals surface area contributed by atoms with Crippen LogP contribution >= 0.6 is 0 Å². The second-order valence-electron chi connectivity index (χ2n) is 7.78. The molecule has 3 aromatic carbocycles. The molecule has 3 rings (SSSR count). The van der Waals surface area contributed by atoms with Crippen molar-refractivity contribution in [3.63, 3.8) is 0 Å². The summed E-state index contributed by atoms with van der Waals surface area (Å²) >= 11 is 0. The number of hydrogen-bond donors (Lipinski definition) is 0. The van der Waals surface area contributed by atoms with Crippen LogP contribution in [0.15, 0.2) is 70.6 Å². The van der Waals surface area contributed by atoms with Gasteiger partial charge in [-0.3, -0.25) is 0 Å². The van der Waals surface area contributed by atoms with E-state index in [-0.39, 0.29) is 5.75 Å². The van der Waals surface area contributed by atoms with Gasteiger partial charge in [-0.25, -0.2) is 13.4 Å². The molecule has 0 atom stereocenters. The standard InChI is InChI=1S/C26H30N2O3S/c1-6-28(5)18-27-25-16-20(4)26(17-19(25)3)31-23-12-8-21(9-13-23)22-10-14-24(15-11-22)32(29,30)7-2/h8-18H,6-7H2,1-5H3. The summed E-state index contributed by atoms with van der Waals surface area (Å²) in [6.45, 7) is 8.67. The Hall–Kier alpha value is -3.12. The molecule has 0 aliphatic heterocycles. The number of ether oxygens (including phenoxy) is 1. The van der Waals surface area contributed by atoms with Gasteiger partial charge in [-0.2, -0.15) is 0 Å². The number of nitrogens with zero attached hydrogens (tertiary/aromatic N) is 2. The van der Waals surface area contributed by atoms with Gasteiger partial charge in [0.05, 0.1) is 22.7 Å². The quantitative estimate of drug-likeness (QED) is 0.304. The largest absolute Gasteiger partial charge is 0.457 e. The van der Waals surface area contributed by atoms with Crippen LogP contribution in [-0.4, -0.2) is 39.0 Å². The van der Waals surface area contributed by atoms with Crippen molar-refractivity contribution in [2.75, 3.05) is 19.3 Å². The van der Waals surface area contributed by atoms with Crippen LogP contribution < -0.4 is 4.74 Å². The molecule has 0 aromatic heterocycles. The zero-order chi connectivity index (χ0) is 23.3. The summed E-state index contributed by atoms with van der Waals surface area (Å²) in [4.78, 5) is 6.94. The average Bonchev–Trinajstić information content (AvgIpc) is 2.80. The molecule has 0 spiro atoms. The van der Waals surface area contributed by atoms with Crippen LogP contribution in [0, 0.1) is 13.8 Å². The van der Waals surface area contributed by atoms with Crippen LogP contribution in [0.4, 0.5) is 5.69 Å². The summed E-state index contributed by atoms with van der Waals surface area (Å²) in [5.74, 6) is 1.64. The number of aliphatic imine (C=N–C) groups is 1. The lowest BCUT2D eigenvalue weighted by atomic mass is 10.1. The summed E-state index contributed by atoms with van der Waals surface area (Å²) in [7, 11) is -1.20. The number of benzene rings is 3. The van der Waals surface area contributed by atoms with Crippen molar-refractivity contribution in [3.05, 3.63) is 71.8 Å². The highest BCUT2D eigenvalue weighted by molar-refractivity contribution is 7.91. The molecule has 0 aliphatic carbocycles. The van der Waals surface area contributed by atoms with Crippen molar-refractivity contribution in [3.8, 4) is 22.6 Å². The van der Waals surface area contributed by atoms with Crippen molar-refractivity contribution < 1.29 is 13.2 Å². The van der Waals surface area contributed by atoms with Gasteiger partial charge in [0, 0.05) is 13.6 Å². The van der Waals surface area contributed by atoms with Crippen LogP contribution in [0.25, 0.3) is 11.1 Å². The fourth-order valence-corrected chi connectivity index (χ4v) is 4.01. The number of rotatable bonds is 8. The summed E-state index contributed by atoms with van der Waals surface area (Å²) < 4.78 is 30.1. The minimum atomic E-state index is -3.19. The molecular weight excluding hydrogens is 420 g/mol. The summed E-state index contributed by atoms with van der Waals surface area (Å²) in [6, 6.07) is 18.8. The highest BCUT2D eigenvalue weighted by atomic mass is 32.2. The predicted octanol–water partition coefficient (Wildman–Crippen LogP) is 6.17. The van der Waals surface area contributed by atoms with Crippen molar-refractivity contribution in [1.29, 1.82) is 0 Å². The fraction of sp³-hybridized carbons (Fsp3) is 0.269. The predicted molar refractivity (Wildman–Crippen MR) is 132 cm³/mol. The lowest BCUT2D eigenvalue weighted by Gasteiger charge is -2.13.